The average Bonchev–Trinajstić information content (AvgIpc) is 3.58. The summed E-state index contributed by atoms with van der Waals surface area (Å²) in [5.41, 5.74) is 3.44. The molecule has 0 saturated carbocycles. The van der Waals surface area contributed by atoms with Crippen molar-refractivity contribution >= 4 is 45.5 Å². The number of nitrogens with zero attached hydrogens (tertiary/aromatic N) is 6. The van der Waals surface area contributed by atoms with Crippen molar-refractivity contribution in [3.63, 3.8) is 0 Å². The van der Waals surface area contributed by atoms with Crippen molar-refractivity contribution in [2.45, 2.75) is 32.0 Å². The van der Waals surface area contributed by atoms with Gasteiger partial charge in [-0.1, -0.05) is 6.07 Å². The fourth-order valence-electron chi connectivity index (χ4n) is 6.51. The third kappa shape index (κ3) is 4.10. The van der Waals surface area contributed by atoms with Crippen molar-refractivity contribution in [3.8, 4) is 0 Å². The number of rotatable bonds is 3. The maximum Gasteiger partial charge on any atom is 0.320 e. The number of aromatic nitrogens is 3. The molecular formula is C30H30FN7O3. The summed E-state index contributed by atoms with van der Waals surface area (Å²) in [5.74, 6) is -1.51. The van der Waals surface area contributed by atoms with Gasteiger partial charge in [0.1, 0.15) is 11.5 Å². The summed E-state index contributed by atoms with van der Waals surface area (Å²) < 4.78 is 18.9. The quantitative estimate of drug-likeness (QED) is 0.393. The molecule has 0 bridgehead atoms. The maximum absolute atomic E-state index is 15.1. The highest BCUT2D eigenvalue weighted by Crippen LogP contribution is 2.38. The first-order valence-electron chi connectivity index (χ1n) is 13.8. The van der Waals surface area contributed by atoms with Crippen LogP contribution in [0.5, 0.6) is 0 Å². The Kier molecular flexibility index (Phi) is 5.93. The molecule has 0 atom stereocenters. The second-order valence-corrected chi connectivity index (χ2v) is 11.2. The fraction of sp³-hybridized carbons (Fsp3) is 0.333. The number of imidazole rings is 1. The van der Waals surface area contributed by atoms with Crippen LogP contribution >= 0.6 is 0 Å². The molecule has 0 spiro atoms. The molecule has 11 heteroatoms. The van der Waals surface area contributed by atoms with E-state index in [0.717, 1.165) is 18.4 Å². The van der Waals surface area contributed by atoms with Crippen LogP contribution in [-0.4, -0.2) is 86.3 Å². The van der Waals surface area contributed by atoms with Crippen LogP contribution in [0.15, 0.2) is 48.9 Å². The molecule has 1 fully saturated rings. The number of benzene rings is 1. The van der Waals surface area contributed by atoms with Gasteiger partial charge in [0.2, 0.25) is 0 Å². The van der Waals surface area contributed by atoms with Gasteiger partial charge in [0.25, 0.3) is 11.8 Å². The predicted octanol–water partition coefficient (Wildman–Crippen LogP) is 2.96. The van der Waals surface area contributed by atoms with Gasteiger partial charge in [-0.3, -0.25) is 19.3 Å². The molecule has 41 heavy (non-hydrogen) atoms. The average molecular weight is 556 g/mol. The molecule has 0 unspecified atom stereocenters. The Hall–Kier alpha value is -4.51. The molecule has 210 valence electrons. The first-order valence-corrected chi connectivity index (χ1v) is 13.8. The number of carbonyl (C=O) groups is 3. The van der Waals surface area contributed by atoms with E-state index in [9.17, 15) is 14.4 Å². The van der Waals surface area contributed by atoms with Crippen LogP contribution in [0.2, 0.25) is 0 Å². The van der Waals surface area contributed by atoms with Crippen LogP contribution in [-0.2, 0) is 22.7 Å². The summed E-state index contributed by atoms with van der Waals surface area (Å²) in [5, 5.41) is 2.96. The molecule has 4 aromatic rings. The summed E-state index contributed by atoms with van der Waals surface area (Å²) >= 11 is 0. The maximum atomic E-state index is 15.1. The lowest BCUT2D eigenvalue weighted by molar-refractivity contribution is -0.122. The van der Waals surface area contributed by atoms with Crippen molar-refractivity contribution in [3.05, 3.63) is 71.6 Å². The highest BCUT2D eigenvalue weighted by molar-refractivity contribution is 6.49. The molecule has 1 saturated heterocycles. The predicted molar refractivity (Wildman–Crippen MR) is 151 cm³/mol. The molecular weight excluding hydrogens is 525 g/mol. The number of imide groups is 1. The normalized spacial score (nSPS) is 18.2. The zero-order valence-corrected chi connectivity index (χ0v) is 22.9. The smallest absolute Gasteiger partial charge is 0.320 e. The lowest BCUT2D eigenvalue weighted by Crippen LogP contribution is -2.49. The van der Waals surface area contributed by atoms with Gasteiger partial charge in [0.15, 0.2) is 0 Å². The summed E-state index contributed by atoms with van der Waals surface area (Å²) in [7, 11) is 4.13. The van der Waals surface area contributed by atoms with Crippen molar-refractivity contribution in [2.24, 2.45) is 0 Å². The van der Waals surface area contributed by atoms with E-state index in [1.807, 2.05) is 27.7 Å². The van der Waals surface area contributed by atoms with E-state index >= 15 is 4.39 Å². The Morgan fingerprint density at radius 1 is 1.02 bits per heavy atom. The highest BCUT2D eigenvalue weighted by atomic mass is 19.1. The Morgan fingerprint density at radius 2 is 1.80 bits per heavy atom. The van der Waals surface area contributed by atoms with Crippen LogP contribution < -0.4 is 5.32 Å². The Labute approximate surface area is 235 Å². The Bertz CT molecular complexity index is 1780. The summed E-state index contributed by atoms with van der Waals surface area (Å²) in [6.07, 6.45) is 7.00. The second kappa shape index (κ2) is 9.55. The number of halogens is 1. The minimum atomic E-state index is -0.532. The zero-order valence-electron chi connectivity index (χ0n) is 22.9. The lowest BCUT2D eigenvalue weighted by Gasteiger charge is -2.37. The molecule has 1 N–H and O–H groups in total. The number of carbonyl (C=O) groups excluding carboxylic acids is 3. The SMILES string of the molecule is CN(C)C1CCN(C(=O)N2CCn3cc(C4=C(c5cnc6ccccn56)C(=O)NC4=O)c4cc(F)cc(c43)C2)CC1. The first kappa shape index (κ1) is 25.5. The van der Waals surface area contributed by atoms with E-state index in [1.165, 1.54) is 12.1 Å². The standard InChI is InChI=1S/C30H30FN7O3/c1-34(2)20-6-9-35(10-7-20)30(41)37-12-11-36-17-22(21-14-19(31)13-18(16-37)27(21)36)25-26(29(40)33-28(25)39)23-15-32-24-5-3-4-8-38(23)24/h3-5,8,13-15,17,20H,6-7,9-12,16H2,1-2H3,(H,33,39,40). The number of nitrogens with one attached hydrogen (secondary N) is 1. The molecule has 3 aliphatic heterocycles. The van der Waals surface area contributed by atoms with E-state index in [-0.39, 0.29) is 23.7 Å². The third-order valence-corrected chi connectivity index (χ3v) is 8.60. The van der Waals surface area contributed by atoms with Crippen LogP contribution in [0.4, 0.5) is 9.18 Å². The van der Waals surface area contributed by atoms with Gasteiger partial charge in [-0.15, -0.1) is 0 Å². The number of hydrogen-bond donors (Lipinski definition) is 1. The van der Waals surface area contributed by atoms with Gasteiger partial charge in [0.05, 0.1) is 28.6 Å². The van der Waals surface area contributed by atoms with Gasteiger partial charge >= 0.3 is 6.03 Å². The summed E-state index contributed by atoms with van der Waals surface area (Å²) in [6, 6.07) is 8.78. The topological polar surface area (TPSA) is 95.2 Å². The largest absolute Gasteiger partial charge is 0.345 e. The monoisotopic (exact) mass is 555 g/mol. The van der Waals surface area contributed by atoms with Gasteiger partial charge in [0, 0.05) is 62.1 Å². The van der Waals surface area contributed by atoms with Crippen molar-refractivity contribution in [2.75, 3.05) is 33.7 Å². The molecule has 1 aromatic carbocycles. The first-order chi connectivity index (χ1) is 19.8. The highest BCUT2D eigenvalue weighted by Gasteiger charge is 2.37. The minimum absolute atomic E-state index is 0.0380. The van der Waals surface area contributed by atoms with Gasteiger partial charge in [-0.05, 0) is 56.8 Å². The van der Waals surface area contributed by atoms with Gasteiger partial charge in [-0.25, -0.2) is 14.2 Å². The van der Waals surface area contributed by atoms with Crippen LogP contribution in [0.1, 0.15) is 29.7 Å². The number of amides is 4. The number of likely N-dealkylation sites (tertiary alicyclic amines) is 1. The molecule has 3 aliphatic rings. The van der Waals surface area contributed by atoms with Crippen LogP contribution in [0, 0.1) is 5.82 Å². The summed E-state index contributed by atoms with van der Waals surface area (Å²) in [6.45, 7) is 2.56. The van der Waals surface area contributed by atoms with Gasteiger partial charge in [-0.2, -0.15) is 0 Å². The molecule has 3 aromatic heterocycles. The molecule has 0 radical (unpaired) electrons. The van der Waals surface area contributed by atoms with Gasteiger partial charge < -0.3 is 19.3 Å². The van der Waals surface area contributed by atoms with E-state index < -0.39 is 17.6 Å². The second-order valence-electron chi connectivity index (χ2n) is 11.2. The fourth-order valence-corrected chi connectivity index (χ4v) is 6.51. The zero-order chi connectivity index (χ0) is 28.4. The molecule has 0 aliphatic carbocycles. The van der Waals surface area contributed by atoms with Crippen LogP contribution in [0.25, 0.3) is 27.7 Å². The van der Waals surface area contributed by atoms with E-state index in [2.05, 4.69) is 29.3 Å². The number of urea groups is 1. The third-order valence-electron chi connectivity index (χ3n) is 8.60. The van der Waals surface area contributed by atoms with Crippen LogP contribution in [0.3, 0.4) is 0 Å². The van der Waals surface area contributed by atoms with E-state index in [0.29, 0.717) is 60.1 Å². The van der Waals surface area contributed by atoms with Crippen molar-refractivity contribution in [1.82, 2.24) is 34.0 Å². The number of pyridine rings is 1. The lowest BCUT2D eigenvalue weighted by atomic mass is 9.98. The molecule has 10 nitrogen and oxygen atoms in total. The van der Waals surface area contributed by atoms with E-state index in [1.54, 1.807) is 27.9 Å². The number of hydrogen-bond acceptors (Lipinski definition) is 5. The molecule has 7 rings (SSSR count). The van der Waals surface area contributed by atoms with Crippen molar-refractivity contribution < 1.29 is 18.8 Å². The summed E-state index contributed by atoms with van der Waals surface area (Å²) in [4.78, 5) is 50.1. The Morgan fingerprint density at radius 3 is 2.59 bits per heavy atom. The van der Waals surface area contributed by atoms with E-state index in [4.69, 9.17) is 0 Å². The number of fused-ring (bicyclic) bond motifs is 1. The molecule has 6 heterocycles. The minimum Gasteiger partial charge on any atom is -0.345 e. The van der Waals surface area contributed by atoms with Crippen molar-refractivity contribution in [1.29, 1.82) is 0 Å². The molecule has 4 amide bonds. The Balaban J connectivity index is 1.29. The number of piperidine rings is 1.